The molecule has 16 heavy (non-hydrogen) atoms. The Hall–Kier alpha value is -1.36. The summed E-state index contributed by atoms with van der Waals surface area (Å²) in [5, 5.41) is 3.56. The molecule has 0 unspecified atom stereocenters. The first-order chi connectivity index (χ1) is 7.50. The topological polar surface area (TPSA) is 52.0 Å². The van der Waals surface area contributed by atoms with Gasteiger partial charge in [0.2, 0.25) is 0 Å². The molecule has 0 bridgehead atoms. The number of halogens is 2. The van der Waals surface area contributed by atoms with Gasteiger partial charge >= 0.3 is 0 Å². The molecule has 0 atom stereocenters. The Labute approximate surface area is 101 Å². The fraction of sp³-hybridized carbons (Fsp3) is 0.182. The maximum atomic E-state index is 14.0. The Morgan fingerprint density at radius 3 is 2.62 bits per heavy atom. The molecule has 2 rings (SSSR count). The molecular formula is C11H10BrFN2O. The Balaban J connectivity index is 2.73. The van der Waals surface area contributed by atoms with Crippen LogP contribution in [0.3, 0.4) is 0 Å². The zero-order valence-electron chi connectivity index (χ0n) is 8.84. The molecule has 0 amide bonds. The highest BCUT2D eigenvalue weighted by Gasteiger charge is 2.17. The average Bonchev–Trinajstić information content (AvgIpc) is 2.62. The lowest BCUT2D eigenvalue weighted by Gasteiger charge is -2.08. The molecule has 2 aromatic rings. The molecule has 0 aliphatic carbocycles. The van der Waals surface area contributed by atoms with E-state index >= 15 is 0 Å². The van der Waals surface area contributed by atoms with E-state index in [0.717, 1.165) is 10.0 Å². The predicted molar refractivity (Wildman–Crippen MR) is 63.5 cm³/mol. The number of aryl methyl sites for hydroxylation is 1. The summed E-state index contributed by atoms with van der Waals surface area (Å²) in [4.78, 5) is 0. The van der Waals surface area contributed by atoms with Crippen molar-refractivity contribution in [1.29, 1.82) is 0 Å². The first-order valence-corrected chi connectivity index (χ1v) is 5.47. The molecule has 0 saturated heterocycles. The van der Waals surface area contributed by atoms with Crippen LogP contribution in [0.4, 0.5) is 10.2 Å². The van der Waals surface area contributed by atoms with Crippen LogP contribution in [0.5, 0.6) is 0 Å². The third-order valence-corrected chi connectivity index (χ3v) is 3.24. The third-order valence-electron chi connectivity index (χ3n) is 2.42. The largest absolute Gasteiger partial charge is 0.381 e. The summed E-state index contributed by atoms with van der Waals surface area (Å²) >= 11 is 3.38. The number of benzene rings is 1. The summed E-state index contributed by atoms with van der Waals surface area (Å²) in [6.07, 6.45) is 0. The zero-order chi connectivity index (χ0) is 11.9. The Kier molecular flexibility index (Phi) is 2.71. The van der Waals surface area contributed by atoms with Crippen molar-refractivity contribution in [2.45, 2.75) is 13.8 Å². The van der Waals surface area contributed by atoms with E-state index in [4.69, 9.17) is 10.3 Å². The van der Waals surface area contributed by atoms with Crippen molar-refractivity contribution >= 4 is 21.7 Å². The number of nitrogens with two attached hydrogens (primary N) is 1. The second kappa shape index (κ2) is 3.90. The van der Waals surface area contributed by atoms with Crippen LogP contribution in [-0.4, -0.2) is 5.16 Å². The standard InChI is InChI=1S/C11H10BrFN2O/c1-5-3-7(12)6(2)10(11(5)13)8-4-9(14)15-16-8/h3-4H,1-2H3,(H2,14,15). The van der Waals surface area contributed by atoms with Crippen molar-refractivity contribution in [3.8, 4) is 11.3 Å². The number of anilines is 1. The van der Waals surface area contributed by atoms with Gasteiger partial charge in [0.05, 0.1) is 5.56 Å². The fourth-order valence-corrected chi connectivity index (χ4v) is 2.08. The monoisotopic (exact) mass is 284 g/mol. The van der Waals surface area contributed by atoms with Gasteiger partial charge in [0.1, 0.15) is 5.82 Å². The molecule has 5 heteroatoms. The van der Waals surface area contributed by atoms with Crippen LogP contribution < -0.4 is 5.73 Å². The molecule has 1 heterocycles. The molecule has 3 nitrogen and oxygen atoms in total. The number of rotatable bonds is 1. The highest BCUT2D eigenvalue weighted by atomic mass is 79.9. The molecular weight excluding hydrogens is 275 g/mol. The van der Waals surface area contributed by atoms with Crippen LogP contribution in [0.2, 0.25) is 0 Å². The van der Waals surface area contributed by atoms with E-state index in [9.17, 15) is 4.39 Å². The highest BCUT2D eigenvalue weighted by Crippen LogP contribution is 2.34. The van der Waals surface area contributed by atoms with Crippen molar-refractivity contribution in [3.63, 3.8) is 0 Å². The third kappa shape index (κ3) is 1.71. The maximum absolute atomic E-state index is 14.0. The SMILES string of the molecule is Cc1cc(Br)c(C)c(-c2cc(N)no2)c1F. The minimum Gasteiger partial charge on any atom is -0.381 e. The Bertz CT molecular complexity index is 525. The van der Waals surface area contributed by atoms with Crippen LogP contribution >= 0.6 is 15.9 Å². The van der Waals surface area contributed by atoms with Gasteiger partial charge < -0.3 is 10.3 Å². The van der Waals surface area contributed by atoms with Crippen molar-refractivity contribution in [3.05, 3.63) is 33.5 Å². The Morgan fingerprint density at radius 2 is 2.06 bits per heavy atom. The number of aromatic nitrogens is 1. The van der Waals surface area contributed by atoms with E-state index in [-0.39, 0.29) is 11.6 Å². The minimum absolute atomic E-state index is 0.242. The van der Waals surface area contributed by atoms with Gasteiger partial charge in [0.15, 0.2) is 11.6 Å². The van der Waals surface area contributed by atoms with Crippen molar-refractivity contribution in [2.75, 3.05) is 5.73 Å². The second-order valence-electron chi connectivity index (χ2n) is 3.61. The van der Waals surface area contributed by atoms with Gasteiger partial charge in [0, 0.05) is 10.5 Å². The van der Waals surface area contributed by atoms with E-state index < -0.39 is 0 Å². The number of nitrogen functional groups attached to an aromatic ring is 1. The van der Waals surface area contributed by atoms with Crippen LogP contribution in [0, 0.1) is 19.7 Å². The summed E-state index contributed by atoms with van der Waals surface area (Å²) in [6, 6.07) is 3.24. The maximum Gasteiger partial charge on any atom is 0.172 e. The summed E-state index contributed by atoms with van der Waals surface area (Å²) in [7, 11) is 0. The number of hydrogen-bond donors (Lipinski definition) is 1. The molecule has 0 aliphatic rings. The molecule has 2 N–H and O–H groups in total. The summed E-state index contributed by atoms with van der Waals surface area (Å²) in [5.41, 5.74) is 7.16. The summed E-state index contributed by atoms with van der Waals surface area (Å²) in [5.74, 6) is 0.278. The van der Waals surface area contributed by atoms with Gasteiger partial charge in [-0.2, -0.15) is 0 Å². The van der Waals surface area contributed by atoms with Crippen LogP contribution in [0.15, 0.2) is 21.1 Å². The lowest BCUT2D eigenvalue weighted by molar-refractivity contribution is 0.433. The molecule has 0 radical (unpaired) electrons. The van der Waals surface area contributed by atoms with Crippen LogP contribution in [0.1, 0.15) is 11.1 Å². The lowest BCUT2D eigenvalue weighted by Crippen LogP contribution is -1.93. The van der Waals surface area contributed by atoms with Crippen molar-refractivity contribution in [2.24, 2.45) is 0 Å². The molecule has 0 saturated carbocycles. The molecule has 84 valence electrons. The quantitative estimate of drug-likeness (QED) is 0.873. The van der Waals surface area contributed by atoms with Gasteiger partial charge in [-0.25, -0.2) is 4.39 Å². The molecule has 0 fully saturated rings. The van der Waals surface area contributed by atoms with Gasteiger partial charge in [-0.1, -0.05) is 21.1 Å². The van der Waals surface area contributed by atoms with Crippen molar-refractivity contribution in [1.82, 2.24) is 5.16 Å². The first kappa shape index (κ1) is 11.1. The molecule has 1 aromatic heterocycles. The van der Waals surface area contributed by atoms with E-state index in [1.807, 2.05) is 0 Å². The Morgan fingerprint density at radius 1 is 1.38 bits per heavy atom. The lowest BCUT2D eigenvalue weighted by atomic mass is 10.0. The number of hydrogen-bond acceptors (Lipinski definition) is 3. The summed E-state index contributed by atoms with van der Waals surface area (Å²) < 4.78 is 19.8. The van der Waals surface area contributed by atoms with Crippen LogP contribution in [-0.2, 0) is 0 Å². The van der Waals surface area contributed by atoms with E-state index in [0.29, 0.717) is 16.9 Å². The van der Waals surface area contributed by atoms with Gasteiger partial charge in [-0.15, -0.1) is 0 Å². The normalized spacial score (nSPS) is 10.8. The fourth-order valence-electron chi connectivity index (χ4n) is 1.54. The molecule has 0 spiro atoms. The first-order valence-electron chi connectivity index (χ1n) is 4.68. The van der Waals surface area contributed by atoms with Gasteiger partial charge in [-0.05, 0) is 31.0 Å². The van der Waals surface area contributed by atoms with E-state index in [1.165, 1.54) is 6.07 Å². The highest BCUT2D eigenvalue weighted by molar-refractivity contribution is 9.10. The number of nitrogens with zero attached hydrogens (tertiary/aromatic N) is 1. The smallest absolute Gasteiger partial charge is 0.172 e. The van der Waals surface area contributed by atoms with Gasteiger partial charge in [-0.3, -0.25) is 0 Å². The van der Waals surface area contributed by atoms with Crippen molar-refractivity contribution < 1.29 is 8.91 Å². The second-order valence-corrected chi connectivity index (χ2v) is 4.46. The van der Waals surface area contributed by atoms with E-state index in [2.05, 4.69) is 21.1 Å². The zero-order valence-corrected chi connectivity index (χ0v) is 10.4. The van der Waals surface area contributed by atoms with Gasteiger partial charge in [0.25, 0.3) is 0 Å². The molecule has 1 aromatic carbocycles. The van der Waals surface area contributed by atoms with Crippen LogP contribution in [0.25, 0.3) is 11.3 Å². The summed E-state index contributed by atoms with van der Waals surface area (Å²) in [6.45, 7) is 3.50. The minimum atomic E-state index is -0.308. The molecule has 0 aliphatic heterocycles. The van der Waals surface area contributed by atoms with E-state index in [1.54, 1.807) is 19.9 Å². The average molecular weight is 285 g/mol. The predicted octanol–water partition coefficient (Wildman–Crippen LogP) is 3.44.